The Kier molecular flexibility index (Phi) is 1.98. The van der Waals surface area contributed by atoms with Gasteiger partial charge in [-0.25, -0.2) is 4.98 Å². The summed E-state index contributed by atoms with van der Waals surface area (Å²) in [5.74, 6) is 1.17. The molecule has 0 saturated heterocycles. The lowest BCUT2D eigenvalue weighted by Crippen LogP contribution is -2.05. The van der Waals surface area contributed by atoms with Gasteiger partial charge in [-0.05, 0) is 24.8 Å². The van der Waals surface area contributed by atoms with Crippen LogP contribution in [0.4, 0.5) is 0 Å². The van der Waals surface area contributed by atoms with Gasteiger partial charge in [-0.15, -0.1) is 11.3 Å². The number of hydrogen-bond acceptors (Lipinski definition) is 3. The van der Waals surface area contributed by atoms with Crippen molar-refractivity contribution in [2.75, 3.05) is 6.54 Å². The Morgan fingerprint density at radius 3 is 2.94 bits per heavy atom. The molecule has 0 aromatic carbocycles. The zero-order chi connectivity index (χ0) is 11.5. The van der Waals surface area contributed by atoms with Gasteiger partial charge in [0.25, 0.3) is 0 Å². The number of nitrogens with zero attached hydrogens (tertiary/aromatic N) is 2. The largest absolute Gasteiger partial charge is 0.330 e. The normalized spacial score (nSPS) is 27.5. The second-order valence-corrected chi connectivity index (χ2v) is 6.15. The van der Waals surface area contributed by atoms with Crippen LogP contribution in [0, 0.1) is 18.3 Å². The predicted molar refractivity (Wildman–Crippen MR) is 66.9 cm³/mol. The smallest absolute Gasteiger partial charge is 0.194 e. The summed E-state index contributed by atoms with van der Waals surface area (Å²) in [5.41, 5.74) is 8.72. The molecule has 16 heavy (non-hydrogen) atoms. The summed E-state index contributed by atoms with van der Waals surface area (Å²) in [7, 11) is 0. The standard InChI is InChI=1S/C12H17N3S/c1-7-10(9-8(6-13)12(9,2)3)15-4-5-16-11(15)14-7/h4-5,8-9H,6,13H2,1-3H3/t8-,9+/m0/s1. The fourth-order valence-electron chi connectivity index (χ4n) is 3.01. The van der Waals surface area contributed by atoms with Gasteiger partial charge in [0.2, 0.25) is 0 Å². The van der Waals surface area contributed by atoms with Gasteiger partial charge >= 0.3 is 0 Å². The third-order valence-corrected chi connectivity index (χ3v) is 4.84. The third kappa shape index (κ3) is 1.14. The number of fused-ring (bicyclic) bond motifs is 1. The molecule has 2 aromatic rings. The first kappa shape index (κ1) is 10.3. The van der Waals surface area contributed by atoms with Gasteiger partial charge in [0, 0.05) is 17.5 Å². The highest BCUT2D eigenvalue weighted by molar-refractivity contribution is 7.15. The molecule has 1 aliphatic carbocycles. The van der Waals surface area contributed by atoms with Crippen LogP contribution in [-0.4, -0.2) is 15.9 Å². The van der Waals surface area contributed by atoms with Gasteiger partial charge in [-0.1, -0.05) is 13.8 Å². The Labute approximate surface area is 99.3 Å². The summed E-state index contributed by atoms with van der Waals surface area (Å²) in [6.45, 7) is 7.49. The Balaban J connectivity index is 2.13. The van der Waals surface area contributed by atoms with Gasteiger partial charge < -0.3 is 5.73 Å². The lowest BCUT2D eigenvalue weighted by atomic mass is 10.1. The van der Waals surface area contributed by atoms with Crippen LogP contribution in [-0.2, 0) is 0 Å². The highest BCUT2D eigenvalue weighted by Gasteiger charge is 2.59. The predicted octanol–water partition coefficient (Wildman–Crippen LogP) is 2.40. The van der Waals surface area contributed by atoms with E-state index in [4.69, 9.17) is 5.73 Å². The van der Waals surface area contributed by atoms with Gasteiger partial charge in [-0.3, -0.25) is 4.40 Å². The van der Waals surface area contributed by atoms with Gasteiger partial charge in [-0.2, -0.15) is 0 Å². The van der Waals surface area contributed by atoms with Crippen LogP contribution in [0.2, 0.25) is 0 Å². The van der Waals surface area contributed by atoms with Crippen molar-refractivity contribution in [2.24, 2.45) is 17.1 Å². The first-order valence-electron chi connectivity index (χ1n) is 5.69. The Morgan fingerprint density at radius 1 is 1.56 bits per heavy atom. The number of hydrogen-bond donors (Lipinski definition) is 1. The van der Waals surface area contributed by atoms with E-state index in [1.54, 1.807) is 11.3 Å². The molecule has 1 saturated carbocycles. The van der Waals surface area contributed by atoms with E-state index in [1.165, 1.54) is 11.4 Å². The maximum Gasteiger partial charge on any atom is 0.194 e. The molecule has 0 aliphatic heterocycles. The summed E-state index contributed by atoms with van der Waals surface area (Å²) >= 11 is 1.70. The number of nitrogens with two attached hydrogens (primary N) is 1. The van der Waals surface area contributed by atoms with Gasteiger partial charge in [0.05, 0.1) is 11.4 Å². The van der Waals surface area contributed by atoms with Crippen molar-refractivity contribution in [3.8, 4) is 0 Å². The average molecular weight is 235 g/mol. The summed E-state index contributed by atoms with van der Waals surface area (Å²) in [6, 6.07) is 0. The van der Waals surface area contributed by atoms with Crippen LogP contribution in [0.25, 0.3) is 4.96 Å². The highest BCUT2D eigenvalue weighted by atomic mass is 32.1. The van der Waals surface area contributed by atoms with E-state index in [9.17, 15) is 0 Å². The molecule has 1 fully saturated rings. The van der Waals surface area contributed by atoms with Gasteiger partial charge in [0.1, 0.15) is 0 Å². The molecule has 1 aliphatic rings. The molecule has 3 nitrogen and oxygen atoms in total. The molecule has 3 rings (SSSR count). The Bertz CT molecular complexity index is 537. The fraction of sp³-hybridized carbons (Fsp3) is 0.583. The summed E-state index contributed by atoms with van der Waals surface area (Å²) in [4.78, 5) is 5.71. The SMILES string of the molecule is Cc1nc2sccn2c1[C@H]1[C@H](CN)C1(C)C. The first-order chi connectivity index (χ1) is 7.57. The maximum absolute atomic E-state index is 5.85. The van der Waals surface area contributed by atoms with Crippen LogP contribution in [0.3, 0.4) is 0 Å². The highest BCUT2D eigenvalue weighted by Crippen LogP contribution is 2.64. The van der Waals surface area contributed by atoms with Crippen molar-refractivity contribution in [1.29, 1.82) is 0 Å². The minimum absolute atomic E-state index is 0.331. The molecule has 4 heteroatoms. The minimum Gasteiger partial charge on any atom is -0.330 e. The van der Waals surface area contributed by atoms with E-state index in [0.717, 1.165) is 11.5 Å². The number of aromatic nitrogens is 2. The van der Waals surface area contributed by atoms with E-state index in [2.05, 4.69) is 41.7 Å². The topological polar surface area (TPSA) is 43.3 Å². The number of aryl methyl sites for hydroxylation is 1. The van der Waals surface area contributed by atoms with Crippen LogP contribution in [0.5, 0.6) is 0 Å². The van der Waals surface area contributed by atoms with Crippen molar-refractivity contribution in [3.63, 3.8) is 0 Å². The van der Waals surface area contributed by atoms with Crippen molar-refractivity contribution in [2.45, 2.75) is 26.7 Å². The first-order valence-corrected chi connectivity index (χ1v) is 6.57. The zero-order valence-corrected chi connectivity index (χ0v) is 10.7. The number of imidazole rings is 1. The van der Waals surface area contributed by atoms with Crippen LogP contribution in [0.15, 0.2) is 11.6 Å². The molecule has 0 radical (unpaired) electrons. The Hall–Kier alpha value is -0.870. The Morgan fingerprint density at radius 2 is 2.31 bits per heavy atom. The lowest BCUT2D eigenvalue weighted by molar-refractivity contribution is 0.556. The van der Waals surface area contributed by atoms with E-state index in [0.29, 0.717) is 17.3 Å². The second-order valence-electron chi connectivity index (χ2n) is 5.28. The summed E-state index contributed by atoms with van der Waals surface area (Å²) in [6.07, 6.45) is 2.12. The molecule has 0 bridgehead atoms. The van der Waals surface area contributed by atoms with Crippen molar-refractivity contribution >= 4 is 16.3 Å². The molecule has 86 valence electrons. The molecular weight excluding hydrogens is 218 g/mol. The molecule has 0 spiro atoms. The van der Waals surface area contributed by atoms with E-state index < -0.39 is 0 Å². The van der Waals surface area contributed by atoms with E-state index >= 15 is 0 Å². The average Bonchev–Trinajstić information content (AvgIpc) is 2.55. The van der Waals surface area contributed by atoms with Crippen LogP contribution >= 0.6 is 11.3 Å². The minimum atomic E-state index is 0.331. The van der Waals surface area contributed by atoms with Crippen LogP contribution in [0.1, 0.15) is 31.2 Å². The fourth-order valence-corrected chi connectivity index (χ4v) is 3.78. The molecular formula is C12H17N3S. The summed E-state index contributed by atoms with van der Waals surface area (Å²) < 4.78 is 2.24. The molecule has 0 amide bonds. The van der Waals surface area contributed by atoms with E-state index in [-0.39, 0.29) is 0 Å². The molecule has 2 aromatic heterocycles. The summed E-state index contributed by atoms with van der Waals surface area (Å²) in [5, 5.41) is 2.10. The number of rotatable bonds is 2. The van der Waals surface area contributed by atoms with Crippen LogP contribution < -0.4 is 5.73 Å². The van der Waals surface area contributed by atoms with Crippen molar-refractivity contribution < 1.29 is 0 Å². The lowest BCUT2D eigenvalue weighted by Gasteiger charge is -2.02. The number of thiazole rings is 1. The van der Waals surface area contributed by atoms with Crippen molar-refractivity contribution in [3.05, 3.63) is 23.0 Å². The molecule has 2 N–H and O–H groups in total. The van der Waals surface area contributed by atoms with Crippen molar-refractivity contribution in [1.82, 2.24) is 9.38 Å². The van der Waals surface area contributed by atoms with E-state index in [1.807, 2.05) is 0 Å². The van der Waals surface area contributed by atoms with Gasteiger partial charge in [0.15, 0.2) is 4.96 Å². The quantitative estimate of drug-likeness (QED) is 0.868. The molecule has 2 atom stereocenters. The maximum atomic E-state index is 5.85. The zero-order valence-electron chi connectivity index (χ0n) is 9.90. The molecule has 0 unspecified atom stereocenters. The second kappa shape index (κ2) is 3.08. The molecule has 2 heterocycles. The monoisotopic (exact) mass is 235 g/mol. The third-order valence-electron chi connectivity index (χ3n) is 4.08.